The molecule has 0 bridgehead atoms. The van der Waals surface area contributed by atoms with Crippen molar-refractivity contribution < 1.29 is 92.9 Å². The van der Waals surface area contributed by atoms with E-state index in [0.717, 1.165) is 25.6 Å². The molecule has 0 fully saturated rings. The van der Waals surface area contributed by atoms with Crippen molar-refractivity contribution in [2.45, 2.75) is 0 Å². The number of nitrogen functional groups attached to an aromatic ring is 4. The summed E-state index contributed by atoms with van der Waals surface area (Å²) in [5.74, 6) is -4.72. The van der Waals surface area contributed by atoms with Crippen molar-refractivity contribution >= 4 is 72.3 Å². The number of nitrogens with two attached hydrogens (primary N) is 4. The van der Waals surface area contributed by atoms with E-state index in [1.54, 1.807) is 56.4 Å². The van der Waals surface area contributed by atoms with E-state index in [0.29, 0.717) is 22.7 Å². The Labute approximate surface area is 382 Å². The molecule has 0 heterocycles. The van der Waals surface area contributed by atoms with Crippen LogP contribution in [0, 0.1) is 0 Å². The molecule has 2 radical (unpaired) electrons. The summed E-state index contributed by atoms with van der Waals surface area (Å²) < 4.78 is 0. The molecule has 62 heavy (non-hydrogen) atoms. The number of carbonyl (C=O) groups excluding carboxylic acids is 8. The Bertz CT molecular complexity index is 1560. The van der Waals surface area contributed by atoms with Crippen LogP contribution >= 0.6 is 0 Å². The number of hydrogen-bond donors (Lipinski definition) is 4. The van der Waals surface area contributed by atoms with Crippen LogP contribution in [0.25, 0.3) is 0 Å². The fourth-order valence-corrected chi connectivity index (χ4v) is 2.48. The Hall–Kier alpha value is -7.12. The molecule has 0 unspecified atom stereocenters. The Balaban J connectivity index is -0.000000147. The maximum absolute atomic E-state index is 10.2. The molecule has 20 nitrogen and oxygen atoms in total. The second-order valence-corrected chi connectivity index (χ2v) is 11.9. The second-order valence-electron chi connectivity index (χ2n) is 11.9. The third kappa shape index (κ3) is 44.0. The molecule has 22 heteroatoms. The number of aromatic carboxylic acids is 4. The predicted octanol–water partition coefficient (Wildman–Crippen LogP) is -2.66. The number of hydrogen-bond acceptors (Lipinski definition) is 16. The molecule has 0 aliphatic heterocycles. The second kappa shape index (κ2) is 40.6. The van der Waals surface area contributed by atoms with Crippen LogP contribution in [0.5, 0.6) is 0 Å². The zero-order chi connectivity index (χ0) is 47.4. The van der Waals surface area contributed by atoms with E-state index in [2.05, 4.69) is 0 Å². The first-order valence-electron chi connectivity index (χ1n) is 16.6. The maximum Gasteiger partial charge on any atom is 2.00 e. The minimum absolute atomic E-state index is 0. The molecule has 0 spiro atoms. The van der Waals surface area contributed by atoms with Gasteiger partial charge in [-0.25, -0.2) is 0 Å². The normalized spacial score (nSPS) is 8.13. The molecule has 0 saturated heterocycles. The molecule has 4 aromatic rings. The molecule has 8 N–H and O–H groups in total. The molecule has 4 rings (SSSR count). The largest absolute Gasteiger partial charge is 2.00 e. The molecular weight excluding hydrogens is 912 g/mol. The monoisotopic (exact) mass is 962 g/mol. The van der Waals surface area contributed by atoms with Crippen LogP contribution in [0.15, 0.2) is 97.1 Å². The first-order valence-corrected chi connectivity index (χ1v) is 16.6. The van der Waals surface area contributed by atoms with Crippen molar-refractivity contribution in [1.29, 1.82) is 0 Å². The topological polar surface area (TPSA) is 346 Å². The van der Waals surface area contributed by atoms with Gasteiger partial charge in [0.2, 0.25) is 25.6 Å². The molecule has 4 amide bonds. The van der Waals surface area contributed by atoms with Crippen molar-refractivity contribution in [3.8, 4) is 0 Å². The average molecular weight is 964 g/mol. The molecule has 0 aliphatic rings. The summed E-state index contributed by atoms with van der Waals surface area (Å²) in [4.78, 5) is 84.1. The van der Waals surface area contributed by atoms with E-state index in [1.807, 2.05) is 0 Å². The number of rotatable bonds is 8. The summed E-state index contributed by atoms with van der Waals surface area (Å²) in [5.41, 5.74) is 24.0. The van der Waals surface area contributed by atoms with E-state index in [1.165, 1.54) is 117 Å². The van der Waals surface area contributed by atoms with Gasteiger partial charge in [-0.15, -0.1) is 0 Å². The fraction of sp³-hybridized carbons (Fsp3) is 0.200. The molecule has 0 saturated carbocycles. The van der Waals surface area contributed by atoms with E-state index in [9.17, 15) is 58.8 Å². The number of anilines is 4. The third-order valence-corrected chi connectivity index (χ3v) is 5.43. The average Bonchev–Trinajstić information content (AvgIpc) is 3.20. The zero-order valence-electron chi connectivity index (χ0n) is 35.1. The van der Waals surface area contributed by atoms with Gasteiger partial charge in [0.15, 0.2) is 0 Å². The quantitative estimate of drug-likeness (QED) is 0.0796. The van der Waals surface area contributed by atoms with Gasteiger partial charge in [-0.05, 0) is 70.8 Å². The van der Waals surface area contributed by atoms with Crippen molar-refractivity contribution in [3.05, 3.63) is 119 Å². The SMILES string of the molecule is CN(C)C=O.CN(C)C=O.CN(C)C=O.CN(C)C=O.Nc1ccc(C(=O)[O-])cc1.Nc1ccc(C(=O)[O-])cc1.Nc1ccc(C(=O)[O-])cc1.Nc1ccc(C(=O)[O-])cc1.[Cu+2].[Cu+2]. The van der Waals surface area contributed by atoms with Gasteiger partial charge >= 0.3 is 34.1 Å². The van der Waals surface area contributed by atoms with Crippen molar-refractivity contribution in [3.63, 3.8) is 0 Å². The van der Waals surface area contributed by atoms with Gasteiger partial charge < -0.3 is 82.1 Å². The zero-order valence-corrected chi connectivity index (χ0v) is 37.0. The molecular formula is C40H52Cu2N8O12. The number of carbonyl (C=O) groups is 8. The summed E-state index contributed by atoms with van der Waals surface area (Å²) in [6.07, 6.45) is 3.00. The smallest absolute Gasteiger partial charge is 0.545 e. The molecule has 0 aromatic heterocycles. The molecule has 0 aliphatic carbocycles. The van der Waals surface area contributed by atoms with Crippen LogP contribution in [-0.4, -0.2) is 125 Å². The predicted molar refractivity (Wildman–Crippen MR) is 220 cm³/mol. The fourth-order valence-electron chi connectivity index (χ4n) is 2.48. The van der Waals surface area contributed by atoms with E-state index in [4.69, 9.17) is 22.9 Å². The van der Waals surface area contributed by atoms with Gasteiger partial charge in [-0.1, -0.05) is 48.5 Å². The minimum atomic E-state index is -1.18. The van der Waals surface area contributed by atoms with E-state index in [-0.39, 0.29) is 56.4 Å². The van der Waals surface area contributed by atoms with Crippen LogP contribution in [0.2, 0.25) is 0 Å². The number of benzene rings is 4. The Morgan fingerprint density at radius 3 is 0.500 bits per heavy atom. The van der Waals surface area contributed by atoms with Crippen LogP contribution in [0.3, 0.4) is 0 Å². The van der Waals surface area contributed by atoms with Gasteiger partial charge in [0.1, 0.15) is 0 Å². The number of carboxylic acids is 4. The summed E-state index contributed by atoms with van der Waals surface area (Å²) in [5, 5.41) is 40.6. The summed E-state index contributed by atoms with van der Waals surface area (Å²) >= 11 is 0. The van der Waals surface area contributed by atoms with Crippen LogP contribution in [-0.2, 0) is 53.3 Å². The Morgan fingerprint density at radius 2 is 0.435 bits per heavy atom. The summed E-state index contributed by atoms with van der Waals surface area (Å²) in [6.45, 7) is 0. The first-order chi connectivity index (χ1) is 27.9. The van der Waals surface area contributed by atoms with Crippen molar-refractivity contribution in [2.75, 3.05) is 79.3 Å². The Kier molecular flexibility index (Phi) is 43.7. The van der Waals surface area contributed by atoms with Gasteiger partial charge in [-0.3, -0.25) is 19.2 Å². The van der Waals surface area contributed by atoms with Gasteiger partial charge in [0, 0.05) is 79.1 Å². The Morgan fingerprint density at radius 1 is 0.339 bits per heavy atom. The minimum Gasteiger partial charge on any atom is -0.545 e. The van der Waals surface area contributed by atoms with Gasteiger partial charge in [0.05, 0.1) is 23.9 Å². The van der Waals surface area contributed by atoms with Gasteiger partial charge in [-0.2, -0.15) is 0 Å². The maximum atomic E-state index is 10.2. The van der Waals surface area contributed by atoms with Crippen LogP contribution in [0.4, 0.5) is 22.7 Å². The number of nitrogens with zero attached hydrogens (tertiary/aromatic N) is 4. The first kappa shape index (κ1) is 66.7. The molecule has 0 atom stereocenters. The van der Waals surface area contributed by atoms with Crippen molar-refractivity contribution in [1.82, 2.24) is 19.6 Å². The van der Waals surface area contributed by atoms with E-state index >= 15 is 0 Å². The third-order valence-electron chi connectivity index (χ3n) is 5.43. The summed E-state index contributed by atoms with van der Waals surface area (Å²) in [7, 11) is 13.5. The standard InChI is InChI=1S/4C7H7NO2.4C3H7NO.2Cu/c4*8-6-3-1-5(2-4-6)7(9)10;4*1-4(2)3-5;;/h4*1-4H,8H2,(H,9,10);4*3H,1-2H3;;/q;;;;;;;;2*+2/p-4. The van der Waals surface area contributed by atoms with E-state index < -0.39 is 23.9 Å². The van der Waals surface area contributed by atoms with Crippen LogP contribution in [0.1, 0.15) is 41.4 Å². The molecule has 4 aromatic carbocycles. The van der Waals surface area contributed by atoms with Gasteiger partial charge in [0.25, 0.3) is 0 Å². The van der Waals surface area contributed by atoms with Crippen molar-refractivity contribution in [2.24, 2.45) is 0 Å². The summed E-state index contributed by atoms with van der Waals surface area (Å²) in [6, 6.07) is 23.4. The number of carboxylic acid groups (broad SMARTS) is 4. The van der Waals surface area contributed by atoms with Crippen LogP contribution < -0.4 is 43.4 Å². The molecule has 346 valence electrons. The number of amides is 4.